The zero-order chi connectivity index (χ0) is 18.0. The Bertz CT molecular complexity index is 624. The number of piperazine rings is 1. The molecule has 0 aliphatic carbocycles. The number of hydrogen-bond donors (Lipinski definition) is 1. The van der Waals surface area contributed by atoms with E-state index in [1.54, 1.807) is 13.0 Å². The van der Waals surface area contributed by atoms with Crippen molar-refractivity contribution in [3.8, 4) is 0 Å². The summed E-state index contributed by atoms with van der Waals surface area (Å²) in [7, 11) is 0. The summed E-state index contributed by atoms with van der Waals surface area (Å²) in [4.78, 5) is 30.2. The Labute approximate surface area is 148 Å². The summed E-state index contributed by atoms with van der Waals surface area (Å²) in [6.07, 6.45) is 0. The molecule has 0 radical (unpaired) electrons. The summed E-state index contributed by atoms with van der Waals surface area (Å²) in [6, 6.07) is 2.15. The lowest BCUT2D eigenvalue weighted by Gasteiger charge is -2.39. The van der Waals surface area contributed by atoms with Crippen molar-refractivity contribution < 1.29 is 14.1 Å². The summed E-state index contributed by atoms with van der Waals surface area (Å²) in [5.41, 5.74) is 0.745. The second kappa shape index (κ2) is 7.53. The van der Waals surface area contributed by atoms with E-state index in [9.17, 15) is 9.59 Å². The van der Waals surface area contributed by atoms with Crippen LogP contribution in [-0.4, -0.2) is 83.5 Å². The topological polar surface area (TPSA) is 81.9 Å². The van der Waals surface area contributed by atoms with Crippen LogP contribution in [0, 0.1) is 12.8 Å². The average molecular weight is 349 g/mol. The molecule has 2 aliphatic heterocycles. The average Bonchev–Trinajstić information content (AvgIpc) is 3.13. The van der Waals surface area contributed by atoms with Gasteiger partial charge >= 0.3 is 0 Å². The third-order valence-electron chi connectivity index (χ3n) is 5.13. The monoisotopic (exact) mass is 349 g/mol. The molecule has 0 saturated carbocycles. The summed E-state index contributed by atoms with van der Waals surface area (Å²) in [5.74, 6) is 0.973. The molecule has 138 valence electrons. The fourth-order valence-electron chi connectivity index (χ4n) is 3.82. The molecule has 0 bridgehead atoms. The molecule has 8 heteroatoms. The van der Waals surface area contributed by atoms with Gasteiger partial charge in [-0.05, 0) is 12.8 Å². The predicted octanol–water partition coefficient (Wildman–Crippen LogP) is 0.406. The molecule has 1 N–H and O–H groups in total. The number of rotatable bonds is 4. The number of nitrogens with zero attached hydrogens (tertiary/aromatic N) is 4. The Hall–Kier alpha value is -1.93. The van der Waals surface area contributed by atoms with Crippen molar-refractivity contribution in [2.45, 2.75) is 26.8 Å². The third kappa shape index (κ3) is 4.38. The minimum atomic E-state index is -0.0783. The summed E-state index contributed by atoms with van der Waals surface area (Å²) < 4.78 is 5.03. The zero-order valence-electron chi connectivity index (χ0n) is 15.2. The number of carbonyl (C=O) groups excluding carboxylic acids is 2. The first-order valence-corrected chi connectivity index (χ1v) is 8.87. The van der Waals surface area contributed by atoms with E-state index in [1.165, 1.54) is 0 Å². The SMILES string of the molecule is CC(=O)N1CCN([C@H]2CN(CC(=O)Nc3cc(C)no3)C[C@H]2C)CC1. The van der Waals surface area contributed by atoms with Gasteiger partial charge in [-0.1, -0.05) is 12.1 Å². The van der Waals surface area contributed by atoms with Crippen LogP contribution in [0.15, 0.2) is 10.6 Å². The van der Waals surface area contributed by atoms with Gasteiger partial charge in [0.25, 0.3) is 0 Å². The lowest BCUT2D eigenvalue weighted by molar-refractivity contribution is -0.131. The molecule has 1 aromatic heterocycles. The number of nitrogens with one attached hydrogen (secondary N) is 1. The van der Waals surface area contributed by atoms with Gasteiger partial charge in [0.15, 0.2) is 0 Å². The van der Waals surface area contributed by atoms with Crippen LogP contribution in [0.25, 0.3) is 0 Å². The maximum atomic E-state index is 12.2. The van der Waals surface area contributed by atoms with E-state index >= 15 is 0 Å². The largest absolute Gasteiger partial charge is 0.340 e. The van der Waals surface area contributed by atoms with Crippen molar-refractivity contribution in [2.24, 2.45) is 5.92 Å². The summed E-state index contributed by atoms with van der Waals surface area (Å²) in [6.45, 7) is 11.2. The van der Waals surface area contributed by atoms with Gasteiger partial charge in [0, 0.05) is 58.3 Å². The van der Waals surface area contributed by atoms with Gasteiger partial charge in [-0.2, -0.15) is 0 Å². The fourth-order valence-corrected chi connectivity index (χ4v) is 3.82. The number of amides is 2. The predicted molar refractivity (Wildman–Crippen MR) is 93.1 cm³/mol. The molecule has 0 unspecified atom stereocenters. The van der Waals surface area contributed by atoms with Crippen molar-refractivity contribution in [3.05, 3.63) is 11.8 Å². The minimum absolute atomic E-state index is 0.0783. The fraction of sp³-hybridized carbons (Fsp3) is 0.706. The molecule has 2 amide bonds. The van der Waals surface area contributed by atoms with Crippen LogP contribution in [-0.2, 0) is 9.59 Å². The van der Waals surface area contributed by atoms with Crippen molar-refractivity contribution in [2.75, 3.05) is 51.1 Å². The minimum Gasteiger partial charge on any atom is -0.340 e. The maximum Gasteiger partial charge on any atom is 0.240 e. The molecule has 8 nitrogen and oxygen atoms in total. The van der Waals surface area contributed by atoms with Crippen molar-refractivity contribution in [1.29, 1.82) is 0 Å². The van der Waals surface area contributed by atoms with Gasteiger partial charge in [0.2, 0.25) is 17.7 Å². The molecule has 2 aliphatic rings. The molecular weight excluding hydrogens is 322 g/mol. The van der Waals surface area contributed by atoms with Crippen LogP contribution in [0.4, 0.5) is 5.88 Å². The zero-order valence-corrected chi connectivity index (χ0v) is 15.2. The van der Waals surface area contributed by atoms with Crippen molar-refractivity contribution in [1.82, 2.24) is 19.9 Å². The second-order valence-electron chi connectivity index (χ2n) is 7.16. The Morgan fingerprint density at radius 2 is 2.00 bits per heavy atom. The van der Waals surface area contributed by atoms with Crippen LogP contribution in [0.3, 0.4) is 0 Å². The lowest BCUT2D eigenvalue weighted by atomic mass is 10.0. The second-order valence-corrected chi connectivity index (χ2v) is 7.16. The number of aryl methyl sites for hydroxylation is 1. The van der Waals surface area contributed by atoms with E-state index in [-0.39, 0.29) is 11.8 Å². The van der Waals surface area contributed by atoms with E-state index in [0.29, 0.717) is 24.4 Å². The molecule has 0 aromatic carbocycles. The molecule has 0 spiro atoms. The van der Waals surface area contributed by atoms with Gasteiger partial charge in [0.05, 0.1) is 12.2 Å². The van der Waals surface area contributed by atoms with Gasteiger partial charge in [-0.15, -0.1) is 0 Å². The van der Waals surface area contributed by atoms with E-state index in [2.05, 4.69) is 27.2 Å². The van der Waals surface area contributed by atoms with E-state index < -0.39 is 0 Å². The smallest absolute Gasteiger partial charge is 0.240 e. The summed E-state index contributed by atoms with van der Waals surface area (Å²) in [5, 5.41) is 6.52. The standard InChI is InChI=1S/C17H27N5O3/c1-12-9-20(11-16(24)18-17-8-13(2)19-25-17)10-15(12)22-6-4-21(5-7-22)14(3)23/h8,12,15H,4-7,9-11H2,1-3H3,(H,18,24)/t12-,15+/m1/s1. The van der Waals surface area contributed by atoms with Gasteiger partial charge in [0.1, 0.15) is 0 Å². The normalized spacial score (nSPS) is 25.3. The van der Waals surface area contributed by atoms with Gasteiger partial charge < -0.3 is 9.42 Å². The molecular formula is C17H27N5O3. The highest BCUT2D eigenvalue weighted by molar-refractivity contribution is 5.91. The van der Waals surface area contributed by atoms with Crippen LogP contribution in [0.1, 0.15) is 19.5 Å². The number of likely N-dealkylation sites (tertiary alicyclic amines) is 1. The van der Waals surface area contributed by atoms with Crippen molar-refractivity contribution >= 4 is 17.7 Å². The number of hydrogen-bond acceptors (Lipinski definition) is 6. The Morgan fingerprint density at radius 1 is 1.28 bits per heavy atom. The van der Waals surface area contributed by atoms with Crippen LogP contribution < -0.4 is 5.32 Å². The highest BCUT2D eigenvalue weighted by atomic mass is 16.5. The van der Waals surface area contributed by atoms with Gasteiger partial charge in [-0.25, -0.2) is 0 Å². The quantitative estimate of drug-likeness (QED) is 0.848. The molecule has 3 rings (SSSR count). The third-order valence-corrected chi connectivity index (χ3v) is 5.13. The number of carbonyl (C=O) groups is 2. The molecule has 2 atom stereocenters. The maximum absolute atomic E-state index is 12.2. The first kappa shape index (κ1) is 17.9. The Kier molecular flexibility index (Phi) is 5.39. The Balaban J connectivity index is 1.48. The first-order chi connectivity index (χ1) is 11.9. The number of anilines is 1. The van der Waals surface area contributed by atoms with Crippen LogP contribution >= 0.6 is 0 Å². The number of aromatic nitrogens is 1. The highest BCUT2D eigenvalue weighted by Gasteiger charge is 2.36. The highest BCUT2D eigenvalue weighted by Crippen LogP contribution is 2.23. The van der Waals surface area contributed by atoms with E-state index in [1.807, 2.05) is 11.8 Å². The molecule has 2 saturated heterocycles. The van der Waals surface area contributed by atoms with Crippen molar-refractivity contribution in [3.63, 3.8) is 0 Å². The Morgan fingerprint density at radius 3 is 2.60 bits per heavy atom. The van der Waals surface area contributed by atoms with E-state index in [0.717, 1.165) is 45.0 Å². The molecule has 3 heterocycles. The van der Waals surface area contributed by atoms with E-state index in [4.69, 9.17) is 4.52 Å². The van der Waals surface area contributed by atoms with Gasteiger partial charge in [-0.3, -0.25) is 24.7 Å². The summed E-state index contributed by atoms with van der Waals surface area (Å²) >= 11 is 0. The first-order valence-electron chi connectivity index (χ1n) is 8.87. The van der Waals surface area contributed by atoms with Crippen LogP contribution in [0.2, 0.25) is 0 Å². The molecule has 25 heavy (non-hydrogen) atoms. The molecule has 2 fully saturated rings. The lowest BCUT2D eigenvalue weighted by Crippen LogP contribution is -2.53. The van der Waals surface area contributed by atoms with Crippen LogP contribution in [0.5, 0.6) is 0 Å². The molecule has 1 aromatic rings.